The number of anilines is 1. The van der Waals surface area contributed by atoms with Gasteiger partial charge in [-0.25, -0.2) is 21.9 Å². The van der Waals surface area contributed by atoms with Crippen LogP contribution in [0.4, 0.5) is 14.5 Å². The molecule has 0 bridgehead atoms. The van der Waals surface area contributed by atoms with Crippen LogP contribution in [-0.4, -0.2) is 44.8 Å². The fourth-order valence-corrected chi connectivity index (χ4v) is 4.75. The Bertz CT molecular complexity index is 1120. The second kappa shape index (κ2) is 10.8. The highest BCUT2D eigenvalue weighted by Crippen LogP contribution is 2.23. The Morgan fingerprint density at radius 3 is 2.48 bits per heavy atom. The van der Waals surface area contributed by atoms with Crippen molar-refractivity contribution in [3.05, 3.63) is 59.7 Å². The Balaban J connectivity index is 1.58. The molecule has 1 fully saturated rings. The molecule has 1 aliphatic rings. The summed E-state index contributed by atoms with van der Waals surface area (Å²) in [6.07, 6.45) is 2.33. The van der Waals surface area contributed by atoms with Gasteiger partial charge in [-0.2, -0.15) is 0 Å². The first-order valence-electron chi connectivity index (χ1n) is 10.9. The first kappa shape index (κ1) is 24.8. The summed E-state index contributed by atoms with van der Waals surface area (Å²) in [5.74, 6) is -2.87. The van der Waals surface area contributed by atoms with Crippen LogP contribution in [0.15, 0.2) is 47.4 Å². The highest BCUT2D eigenvalue weighted by molar-refractivity contribution is 7.89. The molecule has 7 nitrogen and oxygen atoms in total. The van der Waals surface area contributed by atoms with Crippen LogP contribution in [0, 0.1) is 17.6 Å². The molecule has 2 N–H and O–H groups in total. The van der Waals surface area contributed by atoms with Crippen molar-refractivity contribution >= 4 is 27.5 Å². The first-order chi connectivity index (χ1) is 15.7. The van der Waals surface area contributed by atoms with E-state index in [4.69, 9.17) is 0 Å². The van der Waals surface area contributed by atoms with Crippen molar-refractivity contribution in [1.82, 2.24) is 9.62 Å². The van der Waals surface area contributed by atoms with Crippen molar-refractivity contribution in [2.24, 2.45) is 5.92 Å². The van der Waals surface area contributed by atoms with Crippen molar-refractivity contribution in [2.45, 2.75) is 37.5 Å². The number of nitrogens with one attached hydrogen (secondary N) is 2. The fourth-order valence-electron chi connectivity index (χ4n) is 3.63. The lowest BCUT2D eigenvalue weighted by Crippen LogP contribution is -2.41. The Kier molecular flexibility index (Phi) is 8.15. The molecule has 0 atom stereocenters. The summed E-state index contributed by atoms with van der Waals surface area (Å²) in [6.45, 7) is 2.81. The molecule has 10 heteroatoms. The smallest absolute Gasteiger partial charge is 0.256 e. The minimum Gasteiger partial charge on any atom is -0.339 e. The van der Waals surface area contributed by atoms with Gasteiger partial charge in [0.25, 0.3) is 5.91 Å². The zero-order chi connectivity index (χ0) is 24.0. The summed E-state index contributed by atoms with van der Waals surface area (Å²) in [7, 11) is -3.66. The quantitative estimate of drug-likeness (QED) is 0.566. The van der Waals surface area contributed by atoms with E-state index >= 15 is 0 Å². The zero-order valence-electron chi connectivity index (χ0n) is 18.3. The van der Waals surface area contributed by atoms with Gasteiger partial charge in [-0.1, -0.05) is 19.4 Å². The molecule has 178 valence electrons. The molecular formula is C23H27F2N3O4S. The van der Waals surface area contributed by atoms with Crippen molar-refractivity contribution in [1.29, 1.82) is 0 Å². The Labute approximate surface area is 192 Å². The van der Waals surface area contributed by atoms with Gasteiger partial charge in [-0.05, 0) is 49.6 Å². The number of nitrogens with zero attached hydrogens (tertiary/aromatic N) is 1. The lowest BCUT2D eigenvalue weighted by atomic mass is 9.95. The van der Waals surface area contributed by atoms with E-state index in [2.05, 4.69) is 10.0 Å². The molecule has 0 aliphatic carbocycles. The third kappa shape index (κ3) is 6.35. The van der Waals surface area contributed by atoms with Gasteiger partial charge in [0.2, 0.25) is 15.9 Å². The van der Waals surface area contributed by atoms with Crippen molar-refractivity contribution in [3.63, 3.8) is 0 Å². The van der Waals surface area contributed by atoms with Gasteiger partial charge in [0.1, 0.15) is 11.6 Å². The molecule has 1 heterocycles. The molecule has 0 radical (unpaired) electrons. The number of likely N-dealkylation sites (tertiary alicyclic amines) is 1. The molecule has 33 heavy (non-hydrogen) atoms. The average Bonchev–Trinajstić information content (AvgIpc) is 2.79. The van der Waals surface area contributed by atoms with Crippen LogP contribution in [0.1, 0.15) is 43.0 Å². The molecule has 3 rings (SSSR count). The molecule has 1 saturated heterocycles. The number of hydrogen-bond donors (Lipinski definition) is 2. The van der Waals surface area contributed by atoms with Gasteiger partial charge in [0, 0.05) is 37.3 Å². The molecule has 2 aromatic rings. The van der Waals surface area contributed by atoms with Gasteiger partial charge in [-0.3, -0.25) is 9.59 Å². The second-order valence-corrected chi connectivity index (χ2v) is 9.73. The first-order valence-corrected chi connectivity index (χ1v) is 12.3. The van der Waals surface area contributed by atoms with Crippen molar-refractivity contribution in [3.8, 4) is 0 Å². The summed E-state index contributed by atoms with van der Waals surface area (Å²) < 4.78 is 54.3. The summed E-state index contributed by atoms with van der Waals surface area (Å²) in [5.41, 5.74) is 0.162. The van der Waals surface area contributed by atoms with E-state index in [-0.39, 0.29) is 35.4 Å². The van der Waals surface area contributed by atoms with E-state index in [0.717, 1.165) is 25.0 Å². The molecule has 2 aromatic carbocycles. The second-order valence-electron chi connectivity index (χ2n) is 7.96. The number of carbonyl (C=O) groups excluding carboxylic acids is 2. The van der Waals surface area contributed by atoms with Crippen LogP contribution in [-0.2, 0) is 14.8 Å². The molecule has 0 saturated carbocycles. The maximum absolute atomic E-state index is 13.9. The van der Waals surface area contributed by atoms with Crippen LogP contribution in [0.3, 0.4) is 0 Å². The monoisotopic (exact) mass is 479 g/mol. The van der Waals surface area contributed by atoms with Crippen molar-refractivity contribution < 1.29 is 26.8 Å². The van der Waals surface area contributed by atoms with E-state index < -0.39 is 27.6 Å². The van der Waals surface area contributed by atoms with Gasteiger partial charge >= 0.3 is 0 Å². The molecule has 2 amide bonds. The molecule has 0 unspecified atom stereocenters. The third-order valence-electron chi connectivity index (χ3n) is 5.55. The maximum atomic E-state index is 13.9. The summed E-state index contributed by atoms with van der Waals surface area (Å²) in [6, 6.07) is 8.85. The van der Waals surface area contributed by atoms with E-state index in [0.29, 0.717) is 31.1 Å². The predicted molar refractivity (Wildman–Crippen MR) is 120 cm³/mol. The predicted octanol–water partition coefficient (Wildman–Crippen LogP) is 3.53. The van der Waals surface area contributed by atoms with Crippen LogP contribution >= 0.6 is 0 Å². The van der Waals surface area contributed by atoms with Crippen LogP contribution in [0.25, 0.3) is 0 Å². The number of carbonyl (C=O) groups is 2. The van der Waals surface area contributed by atoms with Crippen LogP contribution in [0.5, 0.6) is 0 Å². The molecule has 0 aromatic heterocycles. The van der Waals surface area contributed by atoms with E-state index in [1.807, 2.05) is 6.92 Å². The molecular weight excluding hydrogens is 452 g/mol. The number of benzene rings is 2. The normalized spacial score (nSPS) is 14.8. The largest absolute Gasteiger partial charge is 0.339 e. The highest BCUT2D eigenvalue weighted by Gasteiger charge is 2.29. The van der Waals surface area contributed by atoms with Crippen LogP contribution < -0.4 is 10.0 Å². The van der Waals surface area contributed by atoms with Crippen LogP contribution in [0.2, 0.25) is 0 Å². The Hall–Kier alpha value is -2.85. The van der Waals surface area contributed by atoms with Crippen molar-refractivity contribution in [2.75, 3.05) is 25.0 Å². The topological polar surface area (TPSA) is 95.6 Å². The number of sulfonamides is 1. The number of rotatable bonds is 8. The summed E-state index contributed by atoms with van der Waals surface area (Å²) in [4.78, 5) is 26.7. The number of piperidine rings is 1. The Morgan fingerprint density at radius 1 is 1.09 bits per heavy atom. The molecule has 0 spiro atoms. The van der Waals surface area contributed by atoms with Gasteiger partial charge in [0.05, 0.1) is 10.5 Å². The lowest BCUT2D eigenvalue weighted by Gasteiger charge is -2.31. The average molecular weight is 480 g/mol. The fraction of sp³-hybridized carbons (Fsp3) is 0.391. The summed E-state index contributed by atoms with van der Waals surface area (Å²) >= 11 is 0. The van der Waals surface area contributed by atoms with E-state index in [1.165, 1.54) is 17.0 Å². The molecule has 1 aliphatic heterocycles. The minimum atomic E-state index is -3.66. The van der Waals surface area contributed by atoms with E-state index in [9.17, 15) is 26.8 Å². The number of amides is 2. The van der Waals surface area contributed by atoms with Gasteiger partial charge in [-0.15, -0.1) is 0 Å². The number of unbranched alkanes of at least 4 members (excludes halogenated alkanes) is 1. The number of halogens is 2. The number of hydrogen-bond acceptors (Lipinski definition) is 4. The standard InChI is InChI=1S/C23H27F2N3O4S/c1-2-3-11-26-33(31,32)19-6-4-5-18(15-19)27-22(29)16-9-12-28(13-10-16)23(30)20-8-7-17(24)14-21(20)25/h4-8,14-16,26H,2-3,9-13H2,1H3,(H,27,29). The lowest BCUT2D eigenvalue weighted by molar-refractivity contribution is -0.121. The SMILES string of the molecule is CCCCNS(=O)(=O)c1cccc(NC(=O)C2CCN(C(=O)c3ccc(F)cc3F)CC2)c1. The third-order valence-corrected chi connectivity index (χ3v) is 7.01. The Morgan fingerprint density at radius 2 is 1.82 bits per heavy atom. The van der Waals surface area contributed by atoms with Gasteiger partial charge in [0.15, 0.2) is 0 Å². The van der Waals surface area contributed by atoms with E-state index in [1.54, 1.807) is 12.1 Å². The summed E-state index contributed by atoms with van der Waals surface area (Å²) in [5, 5.41) is 2.75. The minimum absolute atomic E-state index is 0.0677. The highest BCUT2D eigenvalue weighted by atomic mass is 32.2. The van der Waals surface area contributed by atoms with Gasteiger partial charge < -0.3 is 10.2 Å². The zero-order valence-corrected chi connectivity index (χ0v) is 19.1. The maximum Gasteiger partial charge on any atom is 0.256 e.